The highest BCUT2D eigenvalue weighted by Crippen LogP contribution is 2.37. The Morgan fingerprint density at radius 1 is 1.00 bits per heavy atom. The molecule has 0 radical (unpaired) electrons. The van der Waals surface area contributed by atoms with E-state index in [0.29, 0.717) is 23.3 Å². The Labute approximate surface area is 193 Å². The Morgan fingerprint density at radius 3 is 2.38 bits per heavy atom. The lowest BCUT2D eigenvalue weighted by Crippen LogP contribution is -2.20. The van der Waals surface area contributed by atoms with Gasteiger partial charge in [0.2, 0.25) is 5.95 Å². The first-order valence-corrected chi connectivity index (χ1v) is 10.8. The topological polar surface area (TPSA) is 102 Å². The van der Waals surface area contributed by atoms with Crippen LogP contribution >= 0.6 is 0 Å². The molecular formula is C23H22F3N5O3. The molecule has 1 heterocycles. The lowest BCUT2D eigenvalue weighted by Gasteiger charge is -2.24. The second-order valence-corrected chi connectivity index (χ2v) is 7.88. The molecule has 0 bridgehead atoms. The second-order valence-electron chi connectivity index (χ2n) is 7.88. The molecule has 0 saturated heterocycles. The quantitative estimate of drug-likeness (QED) is 0.294. The smallest absolute Gasteiger partial charge is 0.421 e. The molecule has 0 unspecified atom stereocenters. The summed E-state index contributed by atoms with van der Waals surface area (Å²) in [6.45, 7) is 0. The van der Waals surface area contributed by atoms with Gasteiger partial charge in [0, 0.05) is 24.0 Å². The van der Waals surface area contributed by atoms with Gasteiger partial charge in [0.05, 0.1) is 16.7 Å². The molecule has 1 saturated carbocycles. The minimum atomic E-state index is -4.69. The zero-order valence-corrected chi connectivity index (χ0v) is 18.0. The van der Waals surface area contributed by atoms with Gasteiger partial charge in [-0.25, -0.2) is 4.98 Å². The number of rotatable bonds is 7. The van der Waals surface area contributed by atoms with Crippen molar-refractivity contribution in [3.05, 3.63) is 70.4 Å². The van der Waals surface area contributed by atoms with Crippen molar-refractivity contribution in [3.8, 4) is 5.75 Å². The molecule has 0 atom stereocenters. The van der Waals surface area contributed by atoms with Gasteiger partial charge in [-0.2, -0.15) is 18.2 Å². The fourth-order valence-corrected chi connectivity index (χ4v) is 3.70. The van der Waals surface area contributed by atoms with E-state index < -0.39 is 22.5 Å². The van der Waals surface area contributed by atoms with Gasteiger partial charge in [0.25, 0.3) is 5.69 Å². The van der Waals surface area contributed by atoms with Crippen LogP contribution < -0.4 is 15.4 Å². The third-order valence-corrected chi connectivity index (χ3v) is 5.41. The number of para-hydroxylation sites is 2. The van der Waals surface area contributed by atoms with Gasteiger partial charge in [-0.1, -0.05) is 18.6 Å². The molecule has 0 spiro atoms. The first kappa shape index (κ1) is 23.3. The zero-order chi connectivity index (χ0) is 24.1. The summed E-state index contributed by atoms with van der Waals surface area (Å²) in [7, 11) is 0. The fraction of sp³-hybridized carbons (Fsp3) is 0.304. The second kappa shape index (κ2) is 9.94. The normalized spacial score (nSPS) is 14.4. The number of non-ortho nitro benzene ring substituents is 1. The summed E-state index contributed by atoms with van der Waals surface area (Å²) in [6.07, 6.45) is 1.09. The SMILES string of the molecule is O=[N+]([O-])c1ccc(Nc2ncc(C(F)(F)F)c(Nc3ccccc3OC3CCCCC3)n2)cc1. The van der Waals surface area contributed by atoms with Gasteiger partial charge in [-0.05, 0) is 49.9 Å². The molecule has 1 aromatic heterocycles. The van der Waals surface area contributed by atoms with E-state index >= 15 is 0 Å². The fourth-order valence-electron chi connectivity index (χ4n) is 3.70. The number of hydrogen-bond acceptors (Lipinski definition) is 7. The summed E-state index contributed by atoms with van der Waals surface area (Å²) in [5, 5.41) is 16.3. The Morgan fingerprint density at radius 2 is 1.71 bits per heavy atom. The number of alkyl halides is 3. The van der Waals surface area contributed by atoms with Gasteiger partial charge in [0.15, 0.2) is 0 Å². The van der Waals surface area contributed by atoms with Crippen LogP contribution in [-0.4, -0.2) is 21.0 Å². The average molecular weight is 473 g/mol. The van der Waals surface area contributed by atoms with Crippen LogP contribution in [0.25, 0.3) is 0 Å². The maximum atomic E-state index is 13.7. The number of nitrogens with zero attached hydrogens (tertiary/aromatic N) is 3. The Kier molecular flexibility index (Phi) is 6.80. The van der Waals surface area contributed by atoms with Crippen LogP contribution in [0.15, 0.2) is 54.7 Å². The van der Waals surface area contributed by atoms with Crippen molar-refractivity contribution < 1.29 is 22.8 Å². The maximum absolute atomic E-state index is 13.7. The van der Waals surface area contributed by atoms with Crippen LogP contribution in [-0.2, 0) is 6.18 Å². The molecule has 2 aromatic carbocycles. The minimum Gasteiger partial charge on any atom is -0.488 e. The van der Waals surface area contributed by atoms with Crippen molar-refractivity contribution in [1.82, 2.24) is 9.97 Å². The molecule has 178 valence electrons. The molecule has 2 N–H and O–H groups in total. The number of aromatic nitrogens is 2. The van der Waals surface area contributed by atoms with E-state index in [1.807, 2.05) is 0 Å². The Bertz CT molecular complexity index is 1150. The summed E-state index contributed by atoms with van der Waals surface area (Å²) in [4.78, 5) is 18.1. The first-order chi connectivity index (χ1) is 16.3. The standard InChI is InChI=1S/C23H22F3N5O3/c24-23(25,26)18-14-27-22(28-15-10-12-16(13-11-15)31(32)33)30-21(18)29-19-8-4-5-9-20(19)34-17-6-2-1-3-7-17/h4-5,8-14,17H,1-3,6-7H2,(H2,27,28,29,30). The predicted octanol–water partition coefficient (Wildman–Crippen LogP) is 6.60. The number of benzene rings is 2. The van der Waals surface area contributed by atoms with E-state index in [2.05, 4.69) is 20.6 Å². The number of anilines is 4. The molecule has 0 aliphatic heterocycles. The highest BCUT2D eigenvalue weighted by molar-refractivity contribution is 5.67. The molecule has 8 nitrogen and oxygen atoms in total. The van der Waals surface area contributed by atoms with E-state index in [-0.39, 0.29) is 17.7 Å². The van der Waals surface area contributed by atoms with Gasteiger partial charge >= 0.3 is 6.18 Å². The number of hydrogen-bond donors (Lipinski definition) is 2. The molecular weight excluding hydrogens is 451 g/mol. The van der Waals surface area contributed by atoms with Crippen LogP contribution in [0.1, 0.15) is 37.7 Å². The molecule has 1 aliphatic rings. The highest BCUT2D eigenvalue weighted by atomic mass is 19.4. The van der Waals surface area contributed by atoms with Crippen molar-refractivity contribution in [1.29, 1.82) is 0 Å². The highest BCUT2D eigenvalue weighted by Gasteiger charge is 2.35. The van der Waals surface area contributed by atoms with Crippen LogP contribution in [0.3, 0.4) is 0 Å². The lowest BCUT2D eigenvalue weighted by molar-refractivity contribution is -0.384. The third kappa shape index (κ3) is 5.72. The van der Waals surface area contributed by atoms with Crippen LogP contribution in [0, 0.1) is 10.1 Å². The summed E-state index contributed by atoms with van der Waals surface area (Å²) < 4.78 is 47.1. The number of nitro groups is 1. The molecule has 4 rings (SSSR count). The molecule has 1 fully saturated rings. The zero-order valence-electron chi connectivity index (χ0n) is 18.0. The third-order valence-electron chi connectivity index (χ3n) is 5.41. The van der Waals surface area contributed by atoms with Gasteiger partial charge in [-0.15, -0.1) is 0 Å². The van der Waals surface area contributed by atoms with Gasteiger partial charge < -0.3 is 15.4 Å². The maximum Gasteiger partial charge on any atom is 0.421 e. The number of ether oxygens (including phenoxy) is 1. The van der Waals surface area contributed by atoms with E-state index in [9.17, 15) is 23.3 Å². The van der Waals surface area contributed by atoms with Crippen LogP contribution in [0.4, 0.5) is 42.0 Å². The van der Waals surface area contributed by atoms with Crippen molar-refractivity contribution in [3.63, 3.8) is 0 Å². The molecule has 1 aliphatic carbocycles. The summed E-state index contributed by atoms with van der Waals surface area (Å²) >= 11 is 0. The summed E-state index contributed by atoms with van der Waals surface area (Å²) in [5.74, 6) is -0.0901. The Balaban J connectivity index is 1.61. The minimum absolute atomic E-state index is 0.0172. The monoisotopic (exact) mass is 473 g/mol. The van der Waals surface area contributed by atoms with Crippen molar-refractivity contribution >= 4 is 28.8 Å². The molecule has 11 heteroatoms. The van der Waals surface area contributed by atoms with Crippen molar-refractivity contribution in [2.75, 3.05) is 10.6 Å². The lowest BCUT2D eigenvalue weighted by atomic mass is 9.98. The van der Waals surface area contributed by atoms with Crippen LogP contribution in [0.2, 0.25) is 0 Å². The summed E-state index contributed by atoms with van der Waals surface area (Å²) in [6, 6.07) is 12.2. The van der Waals surface area contributed by atoms with E-state index in [1.165, 1.54) is 24.3 Å². The number of nitro benzene ring substituents is 1. The van der Waals surface area contributed by atoms with E-state index in [1.54, 1.807) is 24.3 Å². The van der Waals surface area contributed by atoms with E-state index in [0.717, 1.165) is 32.1 Å². The Hall–Kier alpha value is -3.89. The largest absolute Gasteiger partial charge is 0.488 e. The molecule has 0 amide bonds. The van der Waals surface area contributed by atoms with Gasteiger partial charge in [-0.3, -0.25) is 10.1 Å². The average Bonchev–Trinajstić information content (AvgIpc) is 2.81. The van der Waals surface area contributed by atoms with Crippen LogP contribution in [0.5, 0.6) is 5.75 Å². The predicted molar refractivity (Wildman–Crippen MR) is 121 cm³/mol. The molecule has 3 aromatic rings. The number of halogens is 3. The first-order valence-electron chi connectivity index (χ1n) is 10.8. The van der Waals surface area contributed by atoms with Gasteiger partial charge in [0.1, 0.15) is 17.1 Å². The molecule has 34 heavy (non-hydrogen) atoms. The summed E-state index contributed by atoms with van der Waals surface area (Å²) in [5.41, 5.74) is -0.402. The van der Waals surface area contributed by atoms with E-state index in [4.69, 9.17) is 4.74 Å². The van der Waals surface area contributed by atoms with Crippen molar-refractivity contribution in [2.45, 2.75) is 44.4 Å². The number of nitrogens with one attached hydrogen (secondary N) is 2. The van der Waals surface area contributed by atoms with Crippen molar-refractivity contribution in [2.24, 2.45) is 0 Å².